The number of rotatable bonds is 5. The summed E-state index contributed by atoms with van der Waals surface area (Å²) in [7, 11) is 1.58. The van der Waals surface area contributed by atoms with E-state index in [-0.39, 0.29) is 24.0 Å². The summed E-state index contributed by atoms with van der Waals surface area (Å²) in [6.45, 7) is 5.06. The van der Waals surface area contributed by atoms with Gasteiger partial charge in [-0.25, -0.2) is 0 Å². The number of nitrogens with one attached hydrogen (secondary N) is 1. The maximum absolute atomic E-state index is 12.5. The van der Waals surface area contributed by atoms with E-state index in [2.05, 4.69) is 5.32 Å². The van der Waals surface area contributed by atoms with Gasteiger partial charge >= 0.3 is 0 Å². The van der Waals surface area contributed by atoms with Crippen molar-refractivity contribution in [2.75, 3.05) is 32.1 Å². The van der Waals surface area contributed by atoms with Crippen molar-refractivity contribution in [2.45, 2.75) is 32.3 Å². The number of carbonyl (C=O) groups excluding carboxylic acids is 3. The van der Waals surface area contributed by atoms with Crippen molar-refractivity contribution in [1.82, 2.24) is 4.90 Å². The fourth-order valence-corrected chi connectivity index (χ4v) is 3.34. The number of methoxy groups -OCH3 is 1. The van der Waals surface area contributed by atoms with Gasteiger partial charge < -0.3 is 19.7 Å². The predicted molar refractivity (Wildman–Crippen MR) is 95.3 cm³/mol. The Morgan fingerprint density at radius 3 is 2.88 bits per heavy atom. The van der Waals surface area contributed by atoms with Gasteiger partial charge in [-0.05, 0) is 32.0 Å². The van der Waals surface area contributed by atoms with Crippen LogP contribution in [0.25, 0.3) is 0 Å². The van der Waals surface area contributed by atoms with Crippen LogP contribution in [-0.2, 0) is 14.3 Å². The van der Waals surface area contributed by atoms with E-state index in [0.29, 0.717) is 43.1 Å². The molecule has 0 aliphatic carbocycles. The molecule has 7 heteroatoms. The molecule has 1 fully saturated rings. The highest BCUT2D eigenvalue weighted by molar-refractivity contribution is 6.03. The van der Waals surface area contributed by atoms with Gasteiger partial charge in [0.1, 0.15) is 11.4 Å². The Bertz CT molecular complexity index is 743. The minimum absolute atomic E-state index is 0.00543. The molecule has 2 heterocycles. The summed E-state index contributed by atoms with van der Waals surface area (Å²) in [5.41, 5.74) is 0.490. The number of carbonyl (C=O) groups is 3. The van der Waals surface area contributed by atoms with Crippen molar-refractivity contribution < 1.29 is 23.9 Å². The Morgan fingerprint density at radius 2 is 2.15 bits per heavy atom. The normalized spacial score (nSPS) is 21.3. The Kier molecular flexibility index (Phi) is 5.00. The van der Waals surface area contributed by atoms with Crippen molar-refractivity contribution in [3.63, 3.8) is 0 Å². The summed E-state index contributed by atoms with van der Waals surface area (Å²) in [5.74, 6) is -0.136. The Morgan fingerprint density at radius 1 is 1.38 bits per heavy atom. The molecule has 1 unspecified atom stereocenters. The SMILES string of the molecule is COCCN1CC(C(=O)Nc2ccc3c(c2)C(=O)CC(C)(C)O3)CC1=O. The Labute approximate surface area is 152 Å². The second-order valence-electron chi connectivity index (χ2n) is 7.40. The first-order valence-corrected chi connectivity index (χ1v) is 8.73. The zero-order valence-corrected chi connectivity index (χ0v) is 15.3. The molecule has 0 saturated carbocycles. The van der Waals surface area contributed by atoms with Gasteiger partial charge in [0.05, 0.1) is 24.5 Å². The predicted octanol–water partition coefficient (Wildman–Crippen LogP) is 1.86. The third-order valence-corrected chi connectivity index (χ3v) is 4.67. The maximum Gasteiger partial charge on any atom is 0.229 e. The molecular formula is C19H24N2O5. The van der Waals surface area contributed by atoms with Gasteiger partial charge in [0.2, 0.25) is 11.8 Å². The lowest BCUT2D eigenvalue weighted by molar-refractivity contribution is -0.128. The van der Waals surface area contributed by atoms with E-state index in [1.807, 2.05) is 13.8 Å². The Hall–Kier alpha value is -2.41. The minimum atomic E-state index is -0.523. The molecule has 2 aliphatic heterocycles. The first kappa shape index (κ1) is 18.4. The molecule has 1 aromatic carbocycles. The van der Waals surface area contributed by atoms with E-state index in [1.165, 1.54) is 0 Å². The van der Waals surface area contributed by atoms with Crippen LogP contribution in [0.2, 0.25) is 0 Å². The van der Waals surface area contributed by atoms with Gasteiger partial charge in [-0.3, -0.25) is 14.4 Å². The number of likely N-dealkylation sites (tertiary alicyclic amines) is 1. The van der Waals surface area contributed by atoms with Crippen LogP contribution >= 0.6 is 0 Å². The van der Waals surface area contributed by atoms with Gasteiger partial charge in [-0.15, -0.1) is 0 Å². The van der Waals surface area contributed by atoms with Crippen molar-refractivity contribution in [1.29, 1.82) is 0 Å². The first-order valence-electron chi connectivity index (χ1n) is 8.73. The number of fused-ring (bicyclic) bond motifs is 1. The van der Waals surface area contributed by atoms with Crippen LogP contribution in [0.5, 0.6) is 5.75 Å². The number of anilines is 1. The molecule has 0 aromatic heterocycles. The Balaban J connectivity index is 1.67. The standard InChI is InChI=1S/C19H24N2O5/c1-19(2)10-15(22)14-9-13(4-5-16(14)26-19)20-18(24)12-8-17(23)21(11-12)6-7-25-3/h4-5,9,12H,6-8,10-11H2,1-3H3,(H,20,24). The van der Waals surface area contributed by atoms with Crippen LogP contribution in [0.1, 0.15) is 37.0 Å². The highest BCUT2D eigenvalue weighted by atomic mass is 16.5. The van der Waals surface area contributed by atoms with Gasteiger partial charge in [0.25, 0.3) is 0 Å². The number of nitrogens with zero attached hydrogens (tertiary/aromatic N) is 1. The molecule has 3 rings (SSSR count). The molecule has 1 atom stereocenters. The molecule has 0 spiro atoms. The smallest absolute Gasteiger partial charge is 0.229 e. The van der Waals surface area contributed by atoms with E-state index in [9.17, 15) is 14.4 Å². The van der Waals surface area contributed by atoms with Gasteiger partial charge in [-0.1, -0.05) is 0 Å². The van der Waals surface area contributed by atoms with Crippen LogP contribution in [0, 0.1) is 5.92 Å². The fraction of sp³-hybridized carbons (Fsp3) is 0.526. The molecule has 140 valence electrons. The minimum Gasteiger partial charge on any atom is -0.487 e. The van der Waals surface area contributed by atoms with E-state index in [4.69, 9.17) is 9.47 Å². The second kappa shape index (κ2) is 7.07. The number of hydrogen-bond acceptors (Lipinski definition) is 5. The molecule has 1 saturated heterocycles. The average molecular weight is 360 g/mol. The van der Waals surface area contributed by atoms with E-state index in [1.54, 1.807) is 30.2 Å². The molecular weight excluding hydrogens is 336 g/mol. The molecule has 2 aliphatic rings. The fourth-order valence-electron chi connectivity index (χ4n) is 3.34. The number of Topliss-reactive ketones (excluding diaryl/α,β-unsaturated/α-hetero) is 1. The largest absolute Gasteiger partial charge is 0.487 e. The van der Waals surface area contributed by atoms with Crippen LogP contribution < -0.4 is 10.1 Å². The molecule has 26 heavy (non-hydrogen) atoms. The third-order valence-electron chi connectivity index (χ3n) is 4.67. The van der Waals surface area contributed by atoms with Gasteiger partial charge in [-0.2, -0.15) is 0 Å². The molecule has 0 bridgehead atoms. The van der Waals surface area contributed by atoms with Gasteiger partial charge in [0.15, 0.2) is 5.78 Å². The lowest BCUT2D eigenvalue weighted by atomic mass is 9.93. The number of hydrogen-bond donors (Lipinski definition) is 1. The van der Waals surface area contributed by atoms with Crippen molar-refractivity contribution in [3.05, 3.63) is 23.8 Å². The van der Waals surface area contributed by atoms with Crippen molar-refractivity contribution >= 4 is 23.3 Å². The van der Waals surface area contributed by atoms with E-state index < -0.39 is 11.5 Å². The lowest BCUT2D eigenvalue weighted by Gasteiger charge is -2.31. The van der Waals surface area contributed by atoms with Gasteiger partial charge in [0, 0.05) is 32.3 Å². The van der Waals surface area contributed by atoms with Crippen LogP contribution in [0.3, 0.4) is 0 Å². The molecule has 1 aromatic rings. The summed E-state index contributed by atoms with van der Waals surface area (Å²) < 4.78 is 10.8. The van der Waals surface area contributed by atoms with Crippen LogP contribution in [-0.4, -0.2) is 54.9 Å². The second-order valence-corrected chi connectivity index (χ2v) is 7.40. The van der Waals surface area contributed by atoms with Crippen molar-refractivity contribution in [2.24, 2.45) is 5.92 Å². The summed E-state index contributed by atoms with van der Waals surface area (Å²) in [6, 6.07) is 5.06. The lowest BCUT2D eigenvalue weighted by Crippen LogP contribution is -2.36. The molecule has 2 amide bonds. The molecule has 0 radical (unpaired) electrons. The average Bonchev–Trinajstić information content (AvgIpc) is 2.94. The summed E-state index contributed by atoms with van der Waals surface area (Å²) >= 11 is 0. The first-order chi connectivity index (χ1) is 12.3. The van der Waals surface area contributed by atoms with Crippen LogP contribution in [0.15, 0.2) is 18.2 Å². The summed E-state index contributed by atoms with van der Waals surface area (Å²) in [5, 5.41) is 2.82. The topological polar surface area (TPSA) is 84.9 Å². The number of ketones is 1. The zero-order valence-electron chi connectivity index (χ0n) is 15.3. The molecule has 1 N–H and O–H groups in total. The zero-order chi connectivity index (χ0) is 18.9. The maximum atomic E-state index is 12.5. The molecule has 7 nitrogen and oxygen atoms in total. The van der Waals surface area contributed by atoms with Crippen LogP contribution in [0.4, 0.5) is 5.69 Å². The highest BCUT2D eigenvalue weighted by Crippen LogP contribution is 2.34. The number of benzene rings is 1. The monoisotopic (exact) mass is 360 g/mol. The highest BCUT2D eigenvalue weighted by Gasteiger charge is 2.35. The van der Waals surface area contributed by atoms with E-state index >= 15 is 0 Å². The summed E-state index contributed by atoms with van der Waals surface area (Å²) in [6.07, 6.45) is 0.486. The number of ether oxygens (including phenoxy) is 2. The third kappa shape index (κ3) is 3.88. The summed E-state index contributed by atoms with van der Waals surface area (Å²) in [4.78, 5) is 38.4. The van der Waals surface area contributed by atoms with Crippen molar-refractivity contribution in [3.8, 4) is 5.75 Å². The quantitative estimate of drug-likeness (QED) is 0.866. The van der Waals surface area contributed by atoms with E-state index in [0.717, 1.165) is 0 Å². The number of amides is 2.